The van der Waals surface area contributed by atoms with Gasteiger partial charge in [-0.2, -0.15) is 0 Å². The quantitative estimate of drug-likeness (QED) is 0.311. The molecule has 2 aromatic heterocycles. The SMILES string of the molecule is CCc1ccc(N2C(=S)N[C@H](c3ccccn3)[C@H]2c2cc(C)n(-c3ccccc3Cl)c2C)cc1. The molecular formula is C28H27ClN4S. The number of benzene rings is 2. The van der Waals surface area contributed by atoms with Crippen molar-refractivity contribution in [2.24, 2.45) is 0 Å². The molecule has 0 bridgehead atoms. The van der Waals surface area contributed by atoms with Crippen molar-refractivity contribution >= 4 is 34.6 Å². The molecule has 0 amide bonds. The second-order valence-electron chi connectivity index (χ2n) is 8.63. The van der Waals surface area contributed by atoms with E-state index in [1.165, 1.54) is 11.1 Å². The lowest BCUT2D eigenvalue weighted by Crippen LogP contribution is -2.29. The summed E-state index contributed by atoms with van der Waals surface area (Å²) in [5, 5.41) is 4.99. The maximum atomic E-state index is 6.60. The van der Waals surface area contributed by atoms with Crippen LogP contribution in [0.3, 0.4) is 0 Å². The van der Waals surface area contributed by atoms with Gasteiger partial charge in [0.25, 0.3) is 0 Å². The van der Waals surface area contributed by atoms with E-state index in [4.69, 9.17) is 23.8 Å². The van der Waals surface area contributed by atoms with E-state index in [1.807, 2.05) is 36.5 Å². The molecule has 0 radical (unpaired) electrons. The van der Waals surface area contributed by atoms with Crippen molar-refractivity contribution in [3.63, 3.8) is 0 Å². The van der Waals surface area contributed by atoms with E-state index in [0.29, 0.717) is 5.11 Å². The molecule has 3 heterocycles. The summed E-state index contributed by atoms with van der Waals surface area (Å²) < 4.78 is 2.23. The summed E-state index contributed by atoms with van der Waals surface area (Å²) in [5.41, 5.74) is 7.77. The van der Waals surface area contributed by atoms with Crippen molar-refractivity contribution in [2.75, 3.05) is 4.90 Å². The molecule has 1 aliphatic rings. The summed E-state index contributed by atoms with van der Waals surface area (Å²) in [7, 11) is 0. The lowest BCUT2D eigenvalue weighted by Gasteiger charge is -2.28. The molecule has 34 heavy (non-hydrogen) atoms. The van der Waals surface area contributed by atoms with Crippen LogP contribution in [-0.4, -0.2) is 14.7 Å². The number of thiocarbonyl (C=S) groups is 1. The first-order valence-corrected chi connectivity index (χ1v) is 12.3. The van der Waals surface area contributed by atoms with Crippen LogP contribution >= 0.6 is 23.8 Å². The number of rotatable bonds is 5. The Morgan fingerprint density at radius 2 is 1.74 bits per heavy atom. The summed E-state index contributed by atoms with van der Waals surface area (Å²) in [6.07, 6.45) is 2.84. The third-order valence-electron chi connectivity index (χ3n) is 6.60. The highest BCUT2D eigenvalue weighted by Crippen LogP contribution is 2.44. The number of hydrogen-bond donors (Lipinski definition) is 1. The van der Waals surface area contributed by atoms with Crippen molar-refractivity contribution in [1.29, 1.82) is 0 Å². The highest BCUT2D eigenvalue weighted by molar-refractivity contribution is 7.80. The second kappa shape index (κ2) is 9.24. The number of para-hydroxylation sites is 1. The molecule has 5 rings (SSSR count). The minimum Gasteiger partial charge on any atom is -0.351 e. The van der Waals surface area contributed by atoms with Gasteiger partial charge >= 0.3 is 0 Å². The van der Waals surface area contributed by atoms with Crippen molar-refractivity contribution in [3.8, 4) is 5.69 Å². The molecule has 0 saturated carbocycles. The number of anilines is 1. The summed E-state index contributed by atoms with van der Waals surface area (Å²) in [6, 6.07) is 24.8. The van der Waals surface area contributed by atoms with Crippen LogP contribution in [0.2, 0.25) is 5.02 Å². The zero-order chi connectivity index (χ0) is 23.8. The Balaban J connectivity index is 1.68. The zero-order valence-electron chi connectivity index (χ0n) is 19.5. The molecule has 2 aromatic carbocycles. The first-order chi connectivity index (χ1) is 16.5. The van der Waals surface area contributed by atoms with Crippen LogP contribution in [0, 0.1) is 13.8 Å². The van der Waals surface area contributed by atoms with Gasteiger partial charge in [-0.3, -0.25) is 4.98 Å². The fraction of sp³-hybridized carbons (Fsp3) is 0.214. The second-order valence-corrected chi connectivity index (χ2v) is 9.42. The summed E-state index contributed by atoms with van der Waals surface area (Å²) in [4.78, 5) is 6.91. The topological polar surface area (TPSA) is 33.1 Å². The minimum atomic E-state index is -0.0836. The van der Waals surface area contributed by atoms with Gasteiger partial charge in [0.15, 0.2) is 5.11 Å². The number of aromatic nitrogens is 2. The maximum Gasteiger partial charge on any atom is 0.174 e. The molecule has 2 atom stereocenters. The van der Waals surface area contributed by atoms with Gasteiger partial charge in [0.1, 0.15) is 0 Å². The number of aryl methyl sites for hydroxylation is 2. The van der Waals surface area contributed by atoms with Crippen LogP contribution < -0.4 is 10.2 Å². The number of nitrogens with one attached hydrogen (secondary N) is 1. The van der Waals surface area contributed by atoms with Crippen molar-refractivity contribution in [2.45, 2.75) is 39.3 Å². The molecule has 1 aliphatic heterocycles. The van der Waals surface area contributed by atoms with E-state index in [2.05, 4.69) is 83.0 Å². The molecule has 6 heteroatoms. The van der Waals surface area contributed by atoms with Crippen LogP contribution in [0.25, 0.3) is 5.69 Å². The average molecular weight is 487 g/mol. The van der Waals surface area contributed by atoms with Gasteiger partial charge in [0, 0.05) is 23.3 Å². The maximum absolute atomic E-state index is 6.60. The van der Waals surface area contributed by atoms with Gasteiger partial charge in [-0.25, -0.2) is 0 Å². The Morgan fingerprint density at radius 3 is 2.41 bits per heavy atom. The molecule has 1 fully saturated rings. The molecule has 1 saturated heterocycles. The highest BCUT2D eigenvalue weighted by Gasteiger charge is 2.42. The molecule has 172 valence electrons. The Labute approximate surface area is 211 Å². The number of halogens is 1. The third kappa shape index (κ3) is 3.89. The van der Waals surface area contributed by atoms with E-state index >= 15 is 0 Å². The van der Waals surface area contributed by atoms with Crippen LogP contribution in [0.1, 0.15) is 47.2 Å². The van der Waals surface area contributed by atoms with Crippen molar-refractivity contribution < 1.29 is 0 Å². The predicted octanol–water partition coefficient (Wildman–Crippen LogP) is 6.88. The van der Waals surface area contributed by atoms with Crippen LogP contribution in [0.4, 0.5) is 5.69 Å². The molecule has 0 unspecified atom stereocenters. The fourth-order valence-corrected chi connectivity index (χ4v) is 5.50. The summed E-state index contributed by atoms with van der Waals surface area (Å²) in [5.74, 6) is 0. The van der Waals surface area contributed by atoms with Gasteiger partial charge in [-0.1, -0.05) is 48.9 Å². The third-order valence-corrected chi connectivity index (χ3v) is 7.24. The van der Waals surface area contributed by atoms with Gasteiger partial charge in [0.2, 0.25) is 0 Å². The molecule has 0 spiro atoms. The van der Waals surface area contributed by atoms with Crippen LogP contribution in [0.15, 0.2) is 79.0 Å². The number of hydrogen-bond acceptors (Lipinski definition) is 2. The van der Waals surface area contributed by atoms with E-state index in [0.717, 1.165) is 39.9 Å². The van der Waals surface area contributed by atoms with Gasteiger partial charge in [-0.15, -0.1) is 0 Å². The molecule has 1 N–H and O–H groups in total. The van der Waals surface area contributed by atoms with Gasteiger partial charge in [-0.05, 0) is 86.1 Å². The Morgan fingerprint density at radius 1 is 1.00 bits per heavy atom. The monoisotopic (exact) mass is 486 g/mol. The number of nitrogens with zero attached hydrogens (tertiary/aromatic N) is 3. The van der Waals surface area contributed by atoms with Crippen molar-refractivity contribution in [3.05, 3.63) is 112 Å². The average Bonchev–Trinajstić information content (AvgIpc) is 3.35. The molecule has 4 nitrogen and oxygen atoms in total. The Hall–Kier alpha value is -3.15. The minimum absolute atomic E-state index is 0.0580. The van der Waals surface area contributed by atoms with E-state index in [1.54, 1.807) is 0 Å². The van der Waals surface area contributed by atoms with E-state index < -0.39 is 0 Å². The van der Waals surface area contributed by atoms with E-state index in [-0.39, 0.29) is 12.1 Å². The van der Waals surface area contributed by atoms with Crippen LogP contribution in [0.5, 0.6) is 0 Å². The van der Waals surface area contributed by atoms with Crippen molar-refractivity contribution in [1.82, 2.24) is 14.9 Å². The molecule has 4 aromatic rings. The lowest BCUT2D eigenvalue weighted by atomic mass is 9.96. The Bertz CT molecular complexity index is 1330. The Kier molecular flexibility index (Phi) is 6.15. The fourth-order valence-electron chi connectivity index (χ4n) is 4.93. The summed E-state index contributed by atoms with van der Waals surface area (Å²) in [6.45, 7) is 6.44. The lowest BCUT2D eigenvalue weighted by molar-refractivity contribution is 0.565. The molecular weight excluding hydrogens is 460 g/mol. The first kappa shape index (κ1) is 22.6. The largest absolute Gasteiger partial charge is 0.351 e. The summed E-state index contributed by atoms with van der Waals surface area (Å²) >= 11 is 12.5. The number of pyridine rings is 1. The standard InChI is InChI=1S/C28H27ClN4S/c1-4-20-12-14-21(15-13-20)33-27(26(31-28(33)34)24-10-7-8-16-30-24)22-17-18(2)32(19(22)3)25-11-6-5-9-23(25)29/h5-17,26-27H,4H2,1-3H3,(H,31,34)/t26-,27-/m1/s1. The van der Waals surface area contributed by atoms with E-state index in [9.17, 15) is 0 Å². The van der Waals surface area contributed by atoms with Gasteiger partial charge < -0.3 is 14.8 Å². The zero-order valence-corrected chi connectivity index (χ0v) is 21.1. The van der Waals surface area contributed by atoms with Crippen LogP contribution in [-0.2, 0) is 6.42 Å². The highest BCUT2D eigenvalue weighted by atomic mass is 35.5. The predicted molar refractivity (Wildman–Crippen MR) is 144 cm³/mol. The smallest absolute Gasteiger partial charge is 0.174 e. The first-order valence-electron chi connectivity index (χ1n) is 11.5. The van der Waals surface area contributed by atoms with Gasteiger partial charge in [0.05, 0.1) is 28.5 Å². The molecule has 0 aliphatic carbocycles. The normalized spacial score (nSPS) is 17.8.